The number of ether oxygens (including phenoxy) is 1. The highest BCUT2D eigenvalue weighted by Gasteiger charge is 2.03. The Bertz CT molecular complexity index is 511. The molecule has 0 saturated heterocycles. The Hall–Kier alpha value is -1.61. The van der Waals surface area contributed by atoms with Crippen LogP contribution in [0.25, 0.3) is 0 Å². The maximum absolute atomic E-state index is 13.0. The second-order valence-electron chi connectivity index (χ2n) is 3.48. The van der Waals surface area contributed by atoms with E-state index in [-0.39, 0.29) is 18.2 Å². The van der Waals surface area contributed by atoms with Crippen LogP contribution in [0.15, 0.2) is 42.5 Å². The van der Waals surface area contributed by atoms with Crippen molar-refractivity contribution < 1.29 is 13.5 Å². The van der Waals surface area contributed by atoms with Gasteiger partial charge in [-0.05, 0) is 42.5 Å². The Morgan fingerprint density at radius 1 is 0.941 bits per heavy atom. The summed E-state index contributed by atoms with van der Waals surface area (Å²) in [6, 6.07) is 9.66. The van der Waals surface area contributed by atoms with E-state index >= 15 is 0 Å². The summed E-state index contributed by atoms with van der Waals surface area (Å²) in [6.45, 7) is 0.141. The predicted octanol–water partition coefficient (Wildman–Crippen LogP) is 4.20. The molecule has 17 heavy (non-hydrogen) atoms. The molecule has 0 amide bonds. The van der Waals surface area contributed by atoms with Crippen molar-refractivity contribution in [2.75, 3.05) is 0 Å². The lowest BCUT2D eigenvalue weighted by Gasteiger charge is -2.07. The van der Waals surface area contributed by atoms with Gasteiger partial charge in [0.15, 0.2) is 0 Å². The van der Waals surface area contributed by atoms with Gasteiger partial charge in [0.2, 0.25) is 0 Å². The summed E-state index contributed by atoms with van der Waals surface area (Å²) in [5, 5.41) is 0.438. The summed E-state index contributed by atoms with van der Waals surface area (Å²) in [5.41, 5.74) is 0.552. The first-order chi connectivity index (χ1) is 8.15. The van der Waals surface area contributed by atoms with Crippen LogP contribution in [0.1, 0.15) is 5.56 Å². The van der Waals surface area contributed by atoms with Gasteiger partial charge in [-0.15, -0.1) is 0 Å². The summed E-state index contributed by atoms with van der Waals surface area (Å²) in [5.74, 6) is -0.194. The molecule has 0 atom stereocenters. The molecule has 2 aromatic rings. The van der Waals surface area contributed by atoms with E-state index in [4.69, 9.17) is 16.3 Å². The number of hydrogen-bond donors (Lipinski definition) is 0. The predicted molar refractivity (Wildman–Crippen MR) is 62.1 cm³/mol. The van der Waals surface area contributed by atoms with Crippen LogP contribution < -0.4 is 4.74 Å². The summed E-state index contributed by atoms with van der Waals surface area (Å²) >= 11 is 5.88. The highest BCUT2D eigenvalue weighted by atomic mass is 35.5. The molecule has 4 heteroatoms. The van der Waals surface area contributed by atoms with Crippen molar-refractivity contribution in [3.05, 3.63) is 64.7 Å². The molecule has 0 heterocycles. The quantitative estimate of drug-likeness (QED) is 0.798. The molecule has 2 rings (SSSR count). The average Bonchev–Trinajstić information content (AvgIpc) is 2.32. The minimum atomic E-state index is -0.368. The van der Waals surface area contributed by atoms with Crippen molar-refractivity contribution in [1.82, 2.24) is 0 Å². The summed E-state index contributed by atoms with van der Waals surface area (Å²) < 4.78 is 31.0. The Labute approximate surface area is 103 Å². The third-order valence-corrected chi connectivity index (χ3v) is 2.58. The lowest BCUT2D eigenvalue weighted by atomic mass is 10.2. The van der Waals surface area contributed by atoms with Gasteiger partial charge >= 0.3 is 0 Å². The van der Waals surface area contributed by atoms with Crippen LogP contribution in [0.2, 0.25) is 5.02 Å². The van der Waals surface area contributed by atoms with Crippen molar-refractivity contribution in [3.8, 4) is 5.75 Å². The molecular formula is C13H9ClF2O. The van der Waals surface area contributed by atoms with Crippen LogP contribution in [-0.2, 0) is 6.61 Å². The summed E-state index contributed by atoms with van der Waals surface area (Å²) in [7, 11) is 0. The second-order valence-corrected chi connectivity index (χ2v) is 3.89. The van der Waals surface area contributed by atoms with Gasteiger partial charge in [-0.3, -0.25) is 0 Å². The van der Waals surface area contributed by atoms with Gasteiger partial charge in [0, 0.05) is 10.6 Å². The minimum absolute atomic E-state index is 0.141. The molecule has 0 spiro atoms. The fourth-order valence-corrected chi connectivity index (χ4v) is 1.52. The highest BCUT2D eigenvalue weighted by Crippen LogP contribution is 2.20. The molecule has 0 N–H and O–H groups in total. The first-order valence-corrected chi connectivity index (χ1v) is 5.35. The van der Waals surface area contributed by atoms with Gasteiger partial charge in [-0.1, -0.05) is 11.6 Å². The van der Waals surface area contributed by atoms with Crippen molar-refractivity contribution in [1.29, 1.82) is 0 Å². The Kier molecular flexibility index (Phi) is 3.59. The molecular weight excluding hydrogens is 246 g/mol. The van der Waals surface area contributed by atoms with E-state index in [9.17, 15) is 8.78 Å². The average molecular weight is 255 g/mol. The molecule has 0 bridgehead atoms. The smallest absolute Gasteiger partial charge is 0.123 e. The normalized spacial score (nSPS) is 10.3. The van der Waals surface area contributed by atoms with Crippen molar-refractivity contribution in [3.63, 3.8) is 0 Å². The molecule has 0 aliphatic carbocycles. The van der Waals surface area contributed by atoms with Gasteiger partial charge in [0.1, 0.15) is 24.0 Å². The van der Waals surface area contributed by atoms with E-state index in [0.717, 1.165) is 0 Å². The van der Waals surface area contributed by atoms with Crippen LogP contribution in [0.5, 0.6) is 5.75 Å². The van der Waals surface area contributed by atoms with Crippen LogP contribution in [-0.4, -0.2) is 0 Å². The molecule has 0 aromatic heterocycles. The number of rotatable bonds is 3. The molecule has 0 aliphatic heterocycles. The fraction of sp³-hybridized carbons (Fsp3) is 0.0769. The number of benzene rings is 2. The maximum atomic E-state index is 13.0. The number of hydrogen-bond acceptors (Lipinski definition) is 1. The van der Waals surface area contributed by atoms with E-state index in [1.54, 1.807) is 0 Å². The fourth-order valence-electron chi connectivity index (χ4n) is 1.35. The first-order valence-electron chi connectivity index (χ1n) is 4.97. The Morgan fingerprint density at radius 3 is 2.29 bits per heavy atom. The van der Waals surface area contributed by atoms with Crippen molar-refractivity contribution >= 4 is 11.6 Å². The van der Waals surface area contributed by atoms with Crippen LogP contribution in [0.4, 0.5) is 8.78 Å². The largest absolute Gasteiger partial charge is 0.489 e. The lowest BCUT2D eigenvalue weighted by molar-refractivity contribution is 0.305. The SMILES string of the molecule is Fc1ccc(OCc2cc(F)ccc2Cl)cc1. The molecule has 1 nitrogen and oxygen atoms in total. The highest BCUT2D eigenvalue weighted by molar-refractivity contribution is 6.31. The van der Waals surface area contributed by atoms with Gasteiger partial charge in [-0.2, -0.15) is 0 Å². The van der Waals surface area contributed by atoms with Crippen molar-refractivity contribution in [2.45, 2.75) is 6.61 Å². The molecule has 0 aliphatic rings. The zero-order valence-corrected chi connectivity index (χ0v) is 9.55. The standard InChI is InChI=1S/C13H9ClF2O/c14-13-6-3-11(16)7-9(13)8-17-12-4-1-10(15)2-5-12/h1-7H,8H2. The van der Waals surface area contributed by atoms with E-state index in [0.29, 0.717) is 16.3 Å². The Balaban J connectivity index is 2.07. The third kappa shape index (κ3) is 3.17. The van der Waals surface area contributed by atoms with E-state index < -0.39 is 0 Å². The molecule has 88 valence electrons. The molecule has 0 saturated carbocycles. The first kappa shape index (κ1) is 11.9. The monoisotopic (exact) mass is 254 g/mol. The minimum Gasteiger partial charge on any atom is -0.489 e. The number of halogens is 3. The zero-order chi connectivity index (χ0) is 12.3. The second kappa shape index (κ2) is 5.15. The van der Waals surface area contributed by atoms with E-state index in [1.165, 1.54) is 42.5 Å². The topological polar surface area (TPSA) is 9.23 Å². The van der Waals surface area contributed by atoms with Crippen LogP contribution in [0, 0.1) is 11.6 Å². The van der Waals surface area contributed by atoms with Gasteiger partial charge in [0.25, 0.3) is 0 Å². The van der Waals surface area contributed by atoms with Gasteiger partial charge in [-0.25, -0.2) is 8.78 Å². The lowest BCUT2D eigenvalue weighted by Crippen LogP contribution is -1.97. The van der Waals surface area contributed by atoms with Crippen LogP contribution in [0.3, 0.4) is 0 Å². The van der Waals surface area contributed by atoms with Gasteiger partial charge < -0.3 is 4.74 Å². The Morgan fingerprint density at radius 2 is 1.59 bits per heavy atom. The summed E-state index contributed by atoms with van der Waals surface area (Å²) in [4.78, 5) is 0. The molecule has 2 aromatic carbocycles. The molecule has 0 radical (unpaired) electrons. The van der Waals surface area contributed by atoms with Gasteiger partial charge in [0.05, 0.1) is 0 Å². The van der Waals surface area contributed by atoms with Crippen LogP contribution >= 0.6 is 11.6 Å². The maximum Gasteiger partial charge on any atom is 0.123 e. The van der Waals surface area contributed by atoms with E-state index in [2.05, 4.69) is 0 Å². The zero-order valence-electron chi connectivity index (χ0n) is 8.79. The van der Waals surface area contributed by atoms with E-state index in [1.807, 2.05) is 0 Å². The molecule has 0 fully saturated rings. The summed E-state index contributed by atoms with van der Waals surface area (Å²) in [6.07, 6.45) is 0. The third-order valence-electron chi connectivity index (χ3n) is 2.22. The molecule has 0 unspecified atom stereocenters. The van der Waals surface area contributed by atoms with Crippen molar-refractivity contribution in [2.24, 2.45) is 0 Å².